The van der Waals surface area contributed by atoms with Gasteiger partial charge in [0.25, 0.3) is 0 Å². The molecule has 0 unspecified atom stereocenters. The normalized spacial score (nSPS) is 19.1. The van der Waals surface area contributed by atoms with E-state index in [9.17, 15) is 9.59 Å². The number of fused-ring (bicyclic) bond motifs is 1. The summed E-state index contributed by atoms with van der Waals surface area (Å²) in [6.45, 7) is 1.93. The number of benzene rings is 1. The molecule has 0 amide bonds. The number of carbonyl (C=O) groups is 2. The summed E-state index contributed by atoms with van der Waals surface area (Å²) in [5, 5.41) is 0. The smallest absolute Gasteiger partial charge is 0.199 e. The van der Waals surface area contributed by atoms with E-state index in [1.807, 2.05) is 19.1 Å². The van der Waals surface area contributed by atoms with Crippen molar-refractivity contribution in [3.8, 4) is 0 Å². The summed E-state index contributed by atoms with van der Waals surface area (Å²) in [5.74, 6) is 1.78. The van der Waals surface area contributed by atoms with Crippen molar-refractivity contribution < 1.29 is 9.59 Å². The molecule has 1 aliphatic carbocycles. The predicted molar refractivity (Wildman–Crippen MR) is 71.8 cm³/mol. The second-order valence-electron chi connectivity index (χ2n) is 4.07. The molecular weight excluding hydrogens is 252 g/mol. The molecule has 0 bridgehead atoms. The number of hydrogen-bond acceptors (Lipinski definition) is 4. The van der Waals surface area contributed by atoms with Crippen LogP contribution in [0.4, 0.5) is 0 Å². The molecule has 0 N–H and O–H groups in total. The first-order chi connectivity index (χ1) is 8.18. The van der Waals surface area contributed by atoms with E-state index in [1.165, 1.54) is 0 Å². The van der Waals surface area contributed by atoms with Crippen LogP contribution in [0.2, 0.25) is 0 Å². The van der Waals surface area contributed by atoms with E-state index >= 15 is 0 Å². The molecule has 2 aliphatic rings. The Balaban J connectivity index is 2.18. The molecule has 1 saturated heterocycles. The molecule has 1 heterocycles. The minimum atomic E-state index is -0.0955. The fourth-order valence-corrected chi connectivity index (χ4v) is 4.59. The zero-order valence-electron chi connectivity index (χ0n) is 9.28. The molecule has 0 radical (unpaired) electrons. The Kier molecular flexibility index (Phi) is 2.64. The second-order valence-corrected chi connectivity index (χ2v) is 6.54. The van der Waals surface area contributed by atoms with Gasteiger partial charge in [-0.15, -0.1) is 23.5 Å². The van der Waals surface area contributed by atoms with Crippen molar-refractivity contribution in [2.45, 2.75) is 6.92 Å². The van der Waals surface area contributed by atoms with Gasteiger partial charge in [-0.25, -0.2) is 0 Å². The minimum Gasteiger partial charge on any atom is -0.288 e. The Hall–Kier alpha value is -1.00. The summed E-state index contributed by atoms with van der Waals surface area (Å²) in [6, 6.07) is 5.46. The second kappa shape index (κ2) is 4.03. The average molecular weight is 262 g/mol. The molecule has 1 aromatic carbocycles. The fourth-order valence-electron chi connectivity index (χ4n) is 2.06. The Labute approximate surface area is 108 Å². The number of allylic oxidation sites excluding steroid dienone is 1. The van der Waals surface area contributed by atoms with Crippen molar-refractivity contribution >= 4 is 35.1 Å². The highest BCUT2D eigenvalue weighted by molar-refractivity contribution is 8.25. The van der Waals surface area contributed by atoms with E-state index in [4.69, 9.17) is 0 Å². The average Bonchev–Trinajstić information content (AvgIpc) is 2.88. The molecule has 86 valence electrons. The first-order valence-electron chi connectivity index (χ1n) is 5.38. The molecule has 1 fully saturated rings. The Morgan fingerprint density at radius 3 is 2.35 bits per heavy atom. The monoisotopic (exact) mass is 262 g/mol. The predicted octanol–water partition coefficient (Wildman–Crippen LogP) is 3.07. The lowest BCUT2D eigenvalue weighted by molar-refractivity contribution is 0.0989. The van der Waals surface area contributed by atoms with Gasteiger partial charge >= 0.3 is 0 Å². The van der Waals surface area contributed by atoms with Crippen LogP contribution in [-0.2, 0) is 0 Å². The molecule has 17 heavy (non-hydrogen) atoms. The third-order valence-electron chi connectivity index (χ3n) is 2.87. The standard InChI is InChI=1S/C13H10O2S2/c1-7-2-3-8-9(6-7)12(15)10(11(8)14)13-16-4-5-17-13/h2-3,6H,4-5H2,1H3. The van der Waals surface area contributed by atoms with Crippen molar-refractivity contribution in [2.24, 2.45) is 0 Å². The lowest BCUT2D eigenvalue weighted by atomic mass is 10.1. The van der Waals surface area contributed by atoms with Crippen LogP contribution >= 0.6 is 23.5 Å². The number of Topliss-reactive ketones (excluding diaryl/α,β-unsaturated/α-hetero) is 2. The SMILES string of the molecule is Cc1ccc2c(c1)C(=O)C(=C1SCCS1)C2=O. The maximum absolute atomic E-state index is 12.2. The molecule has 2 nitrogen and oxygen atoms in total. The van der Waals surface area contributed by atoms with Gasteiger partial charge < -0.3 is 0 Å². The number of hydrogen-bond donors (Lipinski definition) is 0. The van der Waals surface area contributed by atoms with E-state index in [2.05, 4.69) is 0 Å². The van der Waals surface area contributed by atoms with Gasteiger partial charge in [-0.3, -0.25) is 9.59 Å². The summed E-state index contributed by atoms with van der Waals surface area (Å²) in [5.41, 5.74) is 2.56. The molecule has 0 aromatic heterocycles. The van der Waals surface area contributed by atoms with E-state index < -0.39 is 0 Å². The lowest BCUT2D eigenvalue weighted by Gasteiger charge is -1.97. The number of rotatable bonds is 0. The van der Waals surface area contributed by atoms with Crippen LogP contribution in [0.1, 0.15) is 26.3 Å². The molecular formula is C13H10O2S2. The lowest BCUT2D eigenvalue weighted by Crippen LogP contribution is -2.01. The molecule has 4 heteroatoms. The number of carbonyl (C=O) groups excluding carboxylic acids is 2. The van der Waals surface area contributed by atoms with Gasteiger partial charge in [-0.1, -0.05) is 17.7 Å². The van der Waals surface area contributed by atoms with Crippen molar-refractivity contribution in [2.75, 3.05) is 11.5 Å². The maximum atomic E-state index is 12.2. The zero-order chi connectivity index (χ0) is 12.0. The summed E-state index contributed by atoms with van der Waals surface area (Å²) in [4.78, 5) is 24.4. The number of ketones is 2. The van der Waals surface area contributed by atoms with Crippen molar-refractivity contribution in [1.82, 2.24) is 0 Å². The molecule has 1 aliphatic heterocycles. The highest BCUT2D eigenvalue weighted by atomic mass is 32.2. The van der Waals surface area contributed by atoms with Crippen molar-refractivity contribution in [1.29, 1.82) is 0 Å². The molecule has 0 atom stereocenters. The number of aryl methyl sites for hydroxylation is 1. The highest BCUT2D eigenvalue weighted by Crippen LogP contribution is 2.42. The van der Waals surface area contributed by atoms with Crippen LogP contribution in [-0.4, -0.2) is 23.1 Å². The van der Waals surface area contributed by atoms with Gasteiger partial charge in [0.2, 0.25) is 0 Å². The van der Waals surface area contributed by atoms with Crippen LogP contribution in [0.15, 0.2) is 28.0 Å². The summed E-state index contributed by atoms with van der Waals surface area (Å²) in [7, 11) is 0. The molecule has 1 aromatic rings. The van der Waals surface area contributed by atoms with Gasteiger partial charge in [-0.05, 0) is 13.0 Å². The largest absolute Gasteiger partial charge is 0.288 e. The Morgan fingerprint density at radius 2 is 1.65 bits per heavy atom. The van der Waals surface area contributed by atoms with E-state index in [0.717, 1.165) is 21.3 Å². The van der Waals surface area contributed by atoms with Gasteiger partial charge in [0.1, 0.15) is 0 Å². The van der Waals surface area contributed by atoms with Gasteiger partial charge in [-0.2, -0.15) is 0 Å². The van der Waals surface area contributed by atoms with Crippen LogP contribution in [0.3, 0.4) is 0 Å². The maximum Gasteiger partial charge on any atom is 0.199 e. The quantitative estimate of drug-likeness (QED) is 0.531. The molecule has 0 saturated carbocycles. The summed E-state index contributed by atoms with van der Waals surface area (Å²) in [6.07, 6.45) is 0. The summed E-state index contributed by atoms with van der Waals surface area (Å²) >= 11 is 3.25. The van der Waals surface area contributed by atoms with Crippen LogP contribution in [0, 0.1) is 6.92 Å². The molecule has 0 spiro atoms. The van der Waals surface area contributed by atoms with Crippen LogP contribution in [0.5, 0.6) is 0 Å². The van der Waals surface area contributed by atoms with Gasteiger partial charge in [0.05, 0.1) is 9.81 Å². The van der Waals surface area contributed by atoms with Crippen LogP contribution < -0.4 is 0 Å². The minimum absolute atomic E-state index is 0.0920. The number of thioether (sulfide) groups is 2. The Bertz CT molecular complexity index is 565. The first-order valence-corrected chi connectivity index (χ1v) is 7.35. The highest BCUT2D eigenvalue weighted by Gasteiger charge is 2.36. The van der Waals surface area contributed by atoms with Gasteiger partial charge in [0.15, 0.2) is 11.6 Å². The Morgan fingerprint density at radius 1 is 1.00 bits per heavy atom. The first kappa shape index (κ1) is 11.1. The van der Waals surface area contributed by atoms with Crippen LogP contribution in [0.25, 0.3) is 0 Å². The zero-order valence-corrected chi connectivity index (χ0v) is 10.9. The van der Waals surface area contributed by atoms with E-state index in [0.29, 0.717) is 16.7 Å². The summed E-state index contributed by atoms with van der Waals surface area (Å²) < 4.78 is 0.911. The van der Waals surface area contributed by atoms with Crippen molar-refractivity contribution in [3.05, 3.63) is 44.7 Å². The molecule has 3 rings (SSSR count). The fraction of sp³-hybridized carbons (Fsp3) is 0.231. The third kappa shape index (κ3) is 1.67. The topological polar surface area (TPSA) is 34.1 Å². The van der Waals surface area contributed by atoms with Gasteiger partial charge in [0, 0.05) is 22.6 Å². The van der Waals surface area contributed by atoms with E-state index in [-0.39, 0.29) is 11.6 Å². The van der Waals surface area contributed by atoms with Crippen molar-refractivity contribution in [3.63, 3.8) is 0 Å². The van der Waals surface area contributed by atoms with E-state index in [1.54, 1.807) is 29.6 Å². The third-order valence-corrected chi connectivity index (χ3v) is 5.59.